The van der Waals surface area contributed by atoms with Crippen LogP contribution in [0.25, 0.3) is 0 Å². The van der Waals surface area contributed by atoms with Crippen molar-refractivity contribution in [3.8, 4) is 0 Å². The van der Waals surface area contributed by atoms with E-state index in [1.54, 1.807) is 10.6 Å². The van der Waals surface area contributed by atoms with Gasteiger partial charge in [-0.2, -0.15) is 0 Å². The Morgan fingerprint density at radius 1 is 1.33 bits per heavy atom. The number of allylic oxidation sites excluding steroid dienone is 1. The molecule has 0 N–H and O–H groups in total. The van der Waals surface area contributed by atoms with Crippen LogP contribution in [0.2, 0.25) is 0 Å². The number of non-ortho nitro benzene ring substituents is 1. The standard InChI is InChI=1S/C11H9N5O4S/c1-2-5-14-7-12-13-11(14)21-10-4-3-8(15(17)18)6-9(10)16(19)20/h2-4,6-7H,1,5H2. The number of aromatic nitrogens is 3. The fourth-order valence-electron chi connectivity index (χ4n) is 1.53. The SMILES string of the molecule is C=CCn1cnnc1Sc1ccc([N+](=O)[O-])cc1[N+](=O)[O-]. The smallest absolute Gasteiger partial charge is 0.290 e. The van der Waals surface area contributed by atoms with Crippen molar-refractivity contribution in [1.82, 2.24) is 14.8 Å². The molecule has 21 heavy (non-hydrogen) atoms. The molecular weight excluding hydrogens is 298 g/mol. The first-order valence-electron chi connectivity index (χ1n) is 5.62. The number of hydrogen-bond acceptors (Lipinski definition) is 7. The maximum absolute atomic E-state index is 11.0. The van der Waals surface area contributed by atoms with Gasteiger partial charge in [0.25, 0.3) is 11.4 Å². The van der Waals surface area contributed by atoms with Gasteiger partial charge in [0.1, 0.15) is 6.33 Å². The predicted molar refractivity (Wildman–Crippen MR) is 74.1 cm³/mol. The summed E-state index contributed by atoms with van der Waals surface area (Å²) in [5, 5.41) is 29.7. The molecule has 0 saturated carbocycles. The van der Waals surface area contributed by atoms with Gasteiger partial charge < -0.3 is 4.57 Å². The van der Waals surface area contributed by atoms with E-state index in [1.165, 1.54) is 18.5 Å². The molecule has 0 saturated heterocycles. The van der Waals surface area contributed by atoms with Crippen molar-refractivity contribution in [3.05, 3.63) is 57.4 Å². The normalized spacial score (nSPS) is 10.3. The van der Waals surface area contributed by atoms with E-state index in [0.29, 0.717) is 11.7 Å². The molecule has 9 nitrogen and oxygen atoms in total. The number of hydrogen-bond donors (Lipinski definition) is 0. The first-order chi connectivity index (χ1) is 10.0. The van der Waals surface area contributed by atoms with Gasteiger partial charge in [-0.3, -0.25) is 20.2 Å². The van der Waals surface area contributed by atoms with Crippen molar-refractivity contribution in [3.63, 3.8) is 0 Å². The summed E-state index contributed by atoms with van der Waals surface area (Å²) in [5.41, 5.74) is -0.680. The highest BCUT2D eigenvalue weighted by atomic mass is 32.2. The number of nitro groups is 2. The van der Waals surface area contributed by atoms with Gasteiger partial charge in [-0.1, -0.05) is 6.08 Å². The maximum atomic E-state index is 11.0. The van der Waals surface area contributed by atoms with E-state index in [0.717, 1.165) is 17.8 Å². The second-order valence-corrected chi connectivity index (χ2v) is 4.83. The van der Waals surface area contributed by atoms with E-state index in [2.05, 4.69) is 16.8 Å². The van der Waals surface area contributed by atoms with Gasteiger partial charge in [-0.15, -0.1) is 16.8 Å². The van der Waals surface area contributed by atoms with Crippen LogP contribution in [0.3, 0.4) is 0 Å². The molecule has 0 atom stereocenters. The van der Waals surface area contributed by atoms with Crippen LogP contribution in [0.15, 0.2) is 47.2 Å². The molecular formula is C11H9N5O4S. The van der Waals surface area contributed by atoms with Gasteiger partial charge in [0, 0.05) is 12.6 Å². The van der Waals surface area contributed by atoms with Crippen LogP contribution in [0.5, 0.6) is 0 Å². The first kappa shape index (κ1) is 14.7. The van der Waals surface area contributed by atoms with Crippen molar-refractivity contribution in [2.45, 2.75) is 16.6 Å². The molecule has 2 rings (SSSR count). The van der Waals surface area contributed by atoms with E-state index in [-0.39, 0.29) is 16.3 Å². The minimum atomic E-state index is -0.679. The Labute approximate surface area is 122 Å². The molecule has 0 spiro atoms. The zero-order chi connectivity index (χ0) is 15.4. The van der Waals surface area contributed by atoms with Crippen LogP contribution in [0.1, 0.15) is 0 Å². The predicted octanol–water partition coefficient (Wildman–Crippen LogP) is 2.43. The van der Waals surface area contributed by atoms with Gasteiger partial charge in [0.15, 0.2) is 5.16 Å². The third-order valence-corrected chi connectivity index (χ3v) is 3.52. The Hall–Kier alpha value is -2.75. The summed E-state index contributed by atoms with van der Waals surface area (Å²) in [6, 6.07) is 3.47. The quantitative estimate of drug-likeness (QED) is 0.457. The highest BCUT2D eigenvalue weighted by Gasteiger charge is 2.21. The van der Waals surface area contributed by atoms with E-state index < -0.39 is 9.85 Å². The van der Waals surface area contributed by atoms with Crippen LogP contribution in [-0.4, -0.2) is 24.6 Å². The lowest BCUT2D eigenvalue weighted by Gasteiger charge is -2.04. The average Bonchev–Trinajstić information content (AvgIpc) is 2.86. The Morgan fingerprint density at radius 3 is 2.71 bits per heavy atom. The second-order valence-electron chi connectivity index (χ2n) is 3.82. The van der Waals surface area contributed by atoms with Crippen LogP contribution >= 0.6 is 11.8 Å². The van der Waals surface area contributed by atoms with Crippen LogP contribution < -0.4 is 0 Å². The molecule has 0 fully saturated rings. The molecule has 2 aromatic rings. The van der Waals surface area contributed by atoms with Crippen molar-refractivity contribution >= 4 is 23.1 Å². The topological polar surface area (TPSA) is 117 Å². The minimum Gasteiger partial charge on any atom is -0.304 e. The zero-order valence-corrected chi connectivity index (χ0v) is 11.4. The minimum absolute atomic E-state index is 0.254. The van der Waals surface area contributed by atoms with E-state index in [1.807, 2.05) is 0 Å². The van der Waals surface area contributed by atoms with Gasteiger partial charge in [-0.25, -0.2) is 0 Å². The van der Waals surface area contributed by atoms with Gasteiger partial charge in [-0.05, 0) is 17.8 Å². The first-order valence-corrected chi connectivity index (χ1v) is 6.44. The number of rotatable bonds is 6. The molecule has 10 heteroatoms. The largest absolute Gasteiger partial charge is 0.304 e. The van der Waals surface area contributed by atoms with Crippen LogP contribution in [0.4, 0.5) is 11.4 Å². The third kappa shape index (κ3) is 3.23. The summed E-state index contributed by atoms with van der Waals surface area (Å²) in [6.45, 7) is 4.05. The summed E-state index contributed by atoms with van der Waals surface area (Å²) in [5.74, 6) is 0. The number of nitro benzene ring substituents is 2. The molecule has 1 aromatic heterocycles. The lowest BCUT2D eigenvalue weighted by Crippen LogP contribution is -1.97. The number of benzene rings is 1. The summed E-state index contributed by atoms with van der Waals surface area (Å²) >= 11 is 1.01. The molecule has 0 unspecified atom stereocenters. The molecule has 0 aliphatic carbocycles. The van der Waals surface area contributed by atoms with Gasteiger partial charge in [0.2, 0.25) is 0 Å². The molecule has 0 bridgehead atoms. The van der Waals surface area contributed by atoms with Crippen LogP contribution in [-0.2, 0) is 6.54 Å². The molecule has 0 amide bonds. The Balaban J connectivity index is 2.39. The second kappa shape index (κ2) is 6.13. The molecule has 108 valence electrons. The Bertz CT molecular complexity index is 714. The molecule has 0 aliphatic rings. The molecule has 0 aliphatic heterocycles. The maximum Gasteiger partial charge on any atom is 0.290 e. The molecule has 0 radical (unpaired) electrons. The fraction of sp³-hybridized carbons (Fsp3) is 0.0909. The third-order valence-electron chi connectivity index (χ3n) is 2.46. The lowest BCUT2D eigenvalue weighted by atomic mass is 10.3. The number of nitrogens with zero attached hydrogens (tertiary/aromatic N) is 5. The average molecular weight is 307 g/mol. The van der Waals surface area contributed by atoms with Gasteiger partial charge in [0.05, 0.1) is 20.8 Å². The van der Waals surface area contributed by atoms with E-state index >= 15 is 0 Å². The molecule has 1 heterocycles. The highest BCUT2D eigenvalue weighted by molar-refractivity contribution is 7.99. The lowest BCUT2D eigenvalue weighted by molar-refractivity contribution is -0.396. The van der Waals surface area contributed by atoms with Crippen molar-refractivity contribution in [1.29, 1.82) is 0 Å². The van der Waals surface area contributed by atoms with Crippen molar-refractivity contribution in [2.75, 3.05) is 0 Å². The van der Waals surface area contributed by atoms with Crippen molar-refractivity contribution in [2.24, 2.45) is 0 Å². The summed E-state index contributed by atoms with van der Waals surface area (Å²) in [7, 11) is 0. The van der Waals surface area contributed by atoms with E-state index in [4.69, 9.17) is 0 Å². The summed E-state index contributed by atoms with van der Waals surface area (Å²) < 4.78 is 1.66. The Kier molecular flexibility index (Phi) is 4.28. The summed E-state index contributed by atoms with van der Waals surface area (Å²) in [4.78, 5) is 20.6. The fourth-order valence-corrected chi connectivity index (χ4v) is 2.43. The van der Waals surface area contributed by atoms with E-state index in [9.17, 15) is 20.2 Å². The monoisotopic (exact) mass is 307 g/mol. The molecule has 1 aromatic carbocycles. The summed E-state index contributed by atoms with van der Waals surface area (Å²) in [6.07, 6.45) is 3.11. The highest BCUT2D eigenvalue weighted by Crippen LogP contribution is 2.35. The Morgan fingerprint density at radius 2 is 2.10 bits per heavy atom. The van der Waals surface area contributed by atoms with Crippen molar-refractivity contribution < 1.29 is 9.85 Å². The zero-order valence-electron chi connectivity index (χ0n) is 10.6. The van der Waals surface area contributed by atoms with Gasteiger partial charge >= 0.3 is 0 Å². The van der Waals surface area contributed by atoms with Crippen LogP contribution in [0, 0.1) is 20.2 Å².